The van der Waals surface area contributed by atoms with Crippen LogP contribution in [0.15, 0.2) is 48.2 Å². The van der Waals surface area contributed by atoms with Crippen LogP contribution in [0, 0.1) is 0 Å². The molecule has 0 bridgehead atoms. The van der Waals surface area contributed by atoms with Crippen LogP contribution in [0.4, 0.5) is 5.69 Å². The van der Waals surface area contributed by atoms with Crippen molar-refractivity contribution in [3.05, 3.63) is 53.7 Å². The first-order chi connectivity index (χ1) is 16.0. The van der Waals surface area contributed by atoms with Gasteiger partial charge in [-0.3, -0.25) is 9.59 Å². The van der Waals surface area contributed by atoms with Gasteiger partial charge in [0.05, 0.1) is 32.1 Å². The maximum atomic E-state index is 13.8. The number of hydrogen-bond acceptors (Lipinski definition) is 7. The number of hydrogen-bond donors (Lipinski definition) is 0. The summed E-state index contributed by atoms with van der Waals surface area (Å²) in [6.07, 6.45) is 0. The minimum atomic E-state index is -0.366. The fourth-order valence-corrected chi connectivity index (χ4v) is 4.21. The number of methoxy groups -OCH3 is 2. The molecule has 8 heteroatoms. The van der Waals surface area contributed by atoms with Crippen molar-refractivity contribution in [3.8, 4) is 17.2 Å². The minimum Gasteiger partial charge on any atom is -0.494 e. The first-order valence-corrected chi connectivity index (χ1v) is 11.0. The van der Waals surface area contributed by atoms with E-state index in [-0.39, 0.29) is 11.8 Å². The van der Waals surface area contributed by atoms with Crippen molar-refractivity contribution in [2.75, 3.05) is 59.0 Å². The minimum absolute atomic E-state index is 0.331. The molecule has 1 fully saturated rings. The largest absolute Gasteiger partial charge is 0.494 e. The molecule has 4 rings (SSSR count). The number of nitrogens with zero attached hydrogens (tertiary/aromatic N) is 3. The van der Waals surface area contributed by atoms with Crippen LogP contribution >= 0.6 is 0 Å². The van der Waals surface area contributed by atoms with Crippen molar-refractivity contribution < 1.29 is 23.8 Å². The first kappa shape index (κ1) is 22.7. The lowest BCUT2D eigenvalue weighted by Crippen LogP contribution is -2.46. The van der Waals surface area contributed by atoms with Gasteiger partial charge in [0.2, 0.25) is 0 Å². The van der Waals surface area contributed by atoms with Crippen LogP contribution in [-0.2, 0) is 9.59 Å². The Hall–Kier alpha value is -3.52. The van der Waals surface area contributed by atoms with Gasteiger partial charge in [0.1, 0.15) is 11.4 Å². The second-order valence-corrected chi connectivity index (χ2v) is 7.96. The Kier molecular flexibility index (Phi) is 6.55. The number of carbonyl (C=O) groups excluding carboxylic acids is 2. The highest BCUT2D eigenvalue weighted by Crippen LogP contribution is 2.39. The predicted molar refractivity (Wildman–Crippen MR) is 126 cm³/mol. The molecule has 0 aliphatic carbocycles. The van der Waals surface area contributed by atoms with E-state index in [0.717, 1.165) is 13.1 Å². The molecule has 8 nitrogen and oxygen atoms in total. The van der Waals surface area contributed by atoms with Gasteiger partial charge in [0.15, 0.2) is 11.5 Å². The average molecular weight is 452 g/mol. The summed E-state index contributed by atoms with van der Waals surface area (Å²) in [5.41, 5.74) is 1.89. The number of anilines is 1. The maximum Gasteiger partial charge on any atom is 0.282 e. The summed E-state index contributed by atoms with van der Waals surface area (Å²) in [6.45, 7) is 5.32. The van der Waals surface area contributed by atoms with Crippen LogP contribution in [-0.4, -0.2) is 75.7 Å². The van der Waals surface area contributed by atoms with Gasteiger partial charge in [-0.2, -0.15) is 0 Å². The third-order valence-corrected chi connectivity index (χ3v) is 5.94. The highest BCUT2D eigenvalue weighted by atomic mass is 16.5. The lowest BCUT2D eigenvalue weighted by Gasteiger charge is -2.34. The van der Waals surface area contributed by atoms with E-state index in [1.807, 2.05) is 24.9 Å². The van der Waals surface area contributed by atoms with Crippen LogP contribution in [0.5, 0.6) is 17.2 Å². The third-order valence-electron chi connectivity index (χ3n) is 5.94. The van der Waals surface area contributed by atoms with Gasteiger partial charge < -0.3 is 24.0 Å². The van der Waals surface area contributed by atoms with Gasteiger partial charge in [-0.05, 0) is 43.8 Å². The Bertz CT molecular complexity index is 1090. The van der Waals surface area contributed by atoms with Crippen LogP contribution in [0.3, 0.4) is 0 Å². The molecule has 0 radical (unpaired) electrons. The van der Waals surface area contributed by atoms with Crippen LogP contribution in [0.1, 0.15) is 12.5 Å². The molecule has 174 valence electrons. The molecule has 0 saturated carbocycles. The molecule has 0 atom stereocenters. The molecule has 2 heterocycles. The quantitative estimate of drug-likeness (QED) is 0.600. The van der Waals surface area contributed by atoms with E-state index in [4.69, 9.17) is 14.2 Å². The molecule has 2 aliphatic rings. The zero-order valence-corrected chi connectivity index (χ0v) is 19.5. The van der Waals surface area contributed by atoms with Crippen molar-refractivity contribution in [3.63, 3.8) is 0 Å². The molecule has 0 N–H and O–H groups in total. The van der Waals surface area contributed by atoms with Gasteiger partial charge in [0, 0.05) is 32.2 Å². The number of carbonyl (C=O) groups is 2. The smallest absolute Gasteiger partial charge is 0.282 e. The van der Waals surface area contributed by atoms with E-state index in [1.54, 1.807) is 50.6 Å². The SMILES string of the molecule is CCOc1cccc(N2C(=O)C(c3ccc(OC)c(OC)c3)=C(N3CCN(C)CC3)C2=O)c1. The average Bonchev–Trinajstić information content (AvgIpc) is 3.09. The fraction of sp³-hybridized carbons (Fsp3) is 0.360. The second-order valence-electron chi connectivity index (χ2n) is 7.96. The highest BCUT2D eigenvalue weighted by molar-refractivity contribution is 6.45. The summed E-state index contributed by atoms with van der Waals surface area (Å²) >= 11 is 0. The molecule has 2 amide bonds. The number of piperazine rings is 1. The first-order valence-electron chi connectivity index (χ1n) is 11.0. The summed E-state index contributed by atoms with van der Waals surface area (Å²) in [5, 5.41) is 0. The van der Waals surface area contributed by atoms with Gasteiger partial charge >= 0.3 is 0 Å². The van der Waals surface area contributed by atoms with Gasteiger partial charge in [-0.15, -0.1) is 0 Å². The lowest BCUT2D eigenvalue weighted by atomic mass is 10.0. The molecule has 2 aromatic rings. The zero-order valence-electron chi connectivity index (χ0n) is 19.5. The third kappa shape index (κ3) is 4.26. The Labute approximate surface area is 193 Å². The number of amides is 2. The number of ether oxygens (including phenoxy) is 3. The number of rotatable bonds is 7. The standard InChI is InChI=1S/C25H29N3O5/c1-5-33-19-8-6-7-18(16-19)28-24(29)22(17-9-10-20(31-3)21(15-17)32-4)23(25(28)30)27-13-11-26(2)12-14-27/h6-10,15-16H,5,11-14H2,1-4H3. The Morgan fingerprint density at radius 2 is 1.61 bits per heavy atom. The number of imide groups is 1. The summed E-state index contributed by atoms with van der Waals surface area (Å²) in [7, 11) is 5.16. The summed E-state index contributed by atoms with van der Waals surface area (Å²) < 4.78 is 16.4. The van der Waals surface area contributed by atoms with Gasteiger partial charge in [-0.25, -0.2) is 4.90 Å². The van der Waals surface area contributed by atoms with E-state index in [0.29, 0.717) is 59.5 Å². The Balaban J connectivity index is 1.81. The fourth-order valence-electron chi connectivity index (χ4n) is 4.21. The topological polar surface area (TPSA) is 71.6 Å². The van der Waals surface area contributed by atoms with E-state index in [1.165, 1.54) is 4.90 Å². The van der Waals surface area contributed by atoms with Crippen LogP contribution in [0.2, 0.25) is 0 Å². The summed E-state index contributed by atoms with van der Waals surface area (Å²) in [5.74, 6) is 0.965. The molecule has 33 heavy (non-hydrogen) atoms. The van der Waals surface area contributed by atoms with Gasteiger partial charge in [0.25, 0.3) is 11.8 Å². The number of benzene rings is 2. The van der Waals surface area contributed by atoms with Crippen molar-refractivity contribution >= 4 is 23.1 Å². The van der Waals surface area contributed by atoms with Crippen molar-refractivity contribution in [1.82, 2.24) is 9.80 Å². The zero-order chi connectivity index (χ0) is 23.5. The summed E-state index contributed by atoms with van der Waals surface area (Å²) in [4.78, 5) is 32.9. The molecule has 0 unspecified atom stereocenters. The Morgan fingerprint density at radius 1 is 0.879 bits per heavy atom. The van der Waals surface area contributed by atoms with Crippen molar-refractivity contribution in [2.24, 2.45) is 0 Å². The van der Waals surface area contributed by atoms with Gasteiger partial charge in [-0.1, -0.05) is 12.1 Å². The monoisotopic (exact) mass is 451 g/mol. The maximum absolute atomic E-state index is 13.8. The number of likely N-dealkylation sites (N-methyl/N-ethyl adjacent to an activating group) is 1. The molecular weight excluding hydrogens is 422 g/mol. The molecule has 1 saturated heterocycles. The molecular formula is C25H29N3O5. The van der Waals surface area contributed by atoms with E-state index < -0.39 is 0 Å². The van der Waals surface area contributed by atoms with Crippen LogP contribution < -0.4 is 19.1 Å². The molecule has 2 aliphatic heterocycles. The predicted octanol–water partition coefficient (Wildman–Crippen LogP) is 2.63. The van der Waals surface area contributed by atoms with Crippen molar-refractivity contribution in [2.45, 2.75) is 6.92 Å². The molecule has 0 aromatic heterocycles. The summed E-state index contributed by atoms with van der Waals surface area (Å²) in [6, 6.07) is 12.3. The second kappa shape index (κ2) is 9.54. The van der Waals surface area contributed by atoms with E-state index >= 15 is 0 Å². The van der Waals surface area contributed by atoms with E-state index in [9.17, 15) is 9.59 Å². The van der Waals surface area contributed by atoms with Crippen LogP contribution in [0.25, 0.3) is 5.57 Å². The van der Waals surface area contributed by atoms with E-state index in [2.05, 4.69) is 4.90 Å². The lowest BCUT2D eigenvalue weighted by molar-refractivity contribution is -0.120. The highest BCUT2D eigenvalue weighted by Gasteiger charge is 2.43. The van der Waals surface area contributed by atoms with Crippen molar-refractivity contribution in [1.29, 1.82) is 0 Å². The molecule has 2 aromatic carbocycles. The Morgan fingerprint density at radius 3 is 2.27 bits per heavy atom. The molecule has 0 spiro atoms. The normalized spacial score (nSPS) is 17.1.